The van der Waals surface area contributed by atoms with Gasteiger partial charge < -0.3 is 5.32 Å². The first-order chi connectivity index (χ1) is 11.7. The number of amides is 1. The van der Waals surface area contributed by atoms with Gasteiger partial charge in [-0.3, -0.25) is 14.8 Å². The third kappa shape index (κ3) is 4.18. The number of hydrogen-bond donors (Lipinski definition) is 1. The van der Waals surface area contributed by atoms with Crippen LogP contribution < -0.4 is 5.32 Å². The minimum Gasteiger partial charge on any atom is -0.345 e. The number of aromatic nitrogens is 2. The number of nitrogens with zero attached hydrogens (tertiary/aromatic N) is 2. The first-order valence-corrected chi connectivity index (χ1v) is 7.95. The molecule has 3 aromatic rings. The molecule has 1 heterocycles. The molecule has 0 radical (unpaired) electrons. The highest BCUT2D eigenvalue weighted by atomic mass is 35.5. The van der Waals surface area contributed by atoms with Crippen LogP contribution in [-0.4, -0.2) is 15.9 Å². The summed E-state index contributed by atoms with van der Waals surface area (Å²) in [6.45, 7) is 0. The molecule has 1 N–H and O–H groups in total. The van der Waals surface area contributed by atoms with Crippen LogP contribution in [-0.2, 0) is 11.2 Å². The fraction of sp³-hybridized carbons (Fsp3) is 0.105. The second-order valence-corrected chi connectivity index (χ2v) is 5.77. The Morgan fingerprint density at radius 1 is 1.00 bits per heavy atom. The Kier molecular flexibility index (Phi) is 5.18. The van der Waals surface area contributed by atoms with Gasteiger partial charge in [-0.25, -0.2) is 0 Å². The van der Waals surface area contributed by atoms with E-state index in [-0.39, 0.29) is 18.4 Å². The Bertz CT molecular complexity index is 792. The second-order valence-electron chi connectivity index (χ2n) is 5.34. The van der Waals surface area contributed by atoms with Gasteiger partial charge in [-0.2, -0.15) is 0 Å². The van der Waals surface area contributed by atoms with Crippen molar-refractivity contribution in [2.75, 3.05) is 0 Å². The minimum absolute atomic E-state index is 0.112. The third-order valence-corrected chi connectivity index (χ3v) is 3.85. The first-order valence-electron chi connectivity index (χ1n) is 7.57. The van der Waals surface area contributed by atoms with Crippen molar-refractivity contribution in [1.29, 1.82) is 0 Å². The summed E-state index contributed by atoms with van der Waals surface area (Å²) in [4.78, 5) is 20.6. The molecule has 0 saturated heterocycles. The highest BCUT2D eigenvalue weighted by Crippen LogP contribution is 2.23. The Labute approximate surface area is 145 Å². The Balaban J connectivity index is 1.82. The van der Waals surface area contributed by atoms with Gasteiger partial charge in [0.05, 0.1) is 18.2 Å². The highest BCUT2D eigenvalue weighted by molar-refractivity contribution is 6.30. The molecule has 0 aliphatic rings. The summed E-state index contributed by atoms with van der Waals surface area (Å²) in [6, 6.07) is 17.1. The van der Waals surface area contributed by atoms with E-state index in [1.807, 2.05) is 54.6 Å². The predicted molar refractivity (Wildman–Crippen MR) is 93.6 cm³/mol. The molecule has 0 aliphatic carbocycles. The lowest BCUT2D eigenvalue weighted by atomic mass is 9.98. The van der Waals surface area contributed by atoms with Crippen molar-refractivity contribution < 1.29 is 4.79 Å². The van der Waals surface area contributed by atoms with Crippen LogP contribution in [0, 0.1) is 0 Å². The zero-order valence-electron chi connectivity index (χ0n) is 12.9. The third-order valence-electron chi connectivity index (χ3n) is 3.60. The average Bonchev–Trinajstić information content (AvgIpc) is 2.62. The molecule has 3 rings (SSSR count). The lowest BCUT2D eigenvalue weighted by Gasteiger charge is -2.20. The van der Waals surface area contributed by atoms with Crippen LogP contribution in [0.25, 0.3) is 0 Å². The highest BCUT2D eigenvalue weighted by Gasteiger charge is 2.17. The molecule has 1 amide bonds. The monoisotopic (exact) mass is 337 g/mol. The van der Waals surface area contributed by atoms with E-state index >= 15 is 0 Å². The van der Waals surface area contributed by atoms with Gasteiger partial charge in [0.2, 0.25) is 5.91 Å². The molecule has 1 atom stereocenters. The number of benzene rings is 2. The van der Waals surface area contributed by atoms with E-state index in [2.05, 4.69) is 15.3 Å². The normalized spacial score (nSPS) is 11.7. The molecule has 0 fully saturated rings. The molecule has 0 saturated carbocycles. The topological polar surface area (TPSA) is 54.9 Å². The first kappa shape index (κ1) is 16.1. The minimum atomic E-state index is -0.243. The molecule has 0 spiro atoms. The predicted octanol–water partition coefficient (Wildman–Crippen LogP) is 3.58. The van der Waals surface area contributed by atoms with Crippen molar-refractivity contribution >= 4 is 17.5 Å². The molecule has 5 heteroatoms. The fourth-order valence-electron chi connectivity index (χ4n) is 2.46. The van der Waals surface area contributed by atoms with Crippen LogP contribution in [0.3, 0.4) is 0 Å². The molecule has 1 aromatic heterocycles. The van der Waals surface area contributed by atoms with Gasteiger partial charge in [0, 0.05) is 23.6 Å². The molecule has 120 valence electrons. The number of nitrogens with one attached hydrogen (secondary N) is 1. The summed E-state index contributed by atoms with van der Waals surface area (Å²) in [5, 5.41) is 3.73. The van der Waals surface area contributed by atoms with E-state index in [0.717, 1.165) is 11.1 Å². The molecular weight excluding hydrogens is 322 g/mol. The molecular formula is C19H16ClN3O. The van der Waals surface area contributed by atoms with Gasteiger partial charge in [-0.1, -0.05) is 54.1 Å². The summed E-state index contributed by atoms with van der Waals surface area (Å²) in [7, 11) is 0. The van der Waals surface area contributed by atoms with Crippen molar-refractivity contribution in [3.8, 4) is 0 Å². The molecule has 24 heavy (non-hydrogen) atoms. The maximum Gasteiger partial charge on any atom is 0.226 e. The standard InChI is InChI=1S/C19H16ClN3O/c20-16-8-6-15(7-9-16)19(14-4-2-1-3-5-14)23-18(24)12-17-13-21-10-11-22-17/h1-11,13,19H,12H2,(H,23,24). The van der Waals surface area contributed by atoms with Crippen molar-refractivity contribution in [2.45, 2.75) is 12.5 Å². The zero-order chi connectivity index (χ0) is 16.8. The molecule has 1 unspecified atom stereocenters. The van der Waals surface area contributed by atoms with Crippen LogP contribution in [0.2, 0.25) is 5.02 Å². The maximum atomic E-state index is 12.4. The van der Waals surface area contributed by atoms with Crippen LogP contribution in [0.4, 0.5) is 0 Å². The van der Waals surface area contributed by atoms with E-state index in [9.17, 15) is 4.79 Å². The maximum absolute atomic E-state index is 12.4. The van der Waals surface area contributed by atoms with Gasteiger partial charge in [-0.05, 0) is 23.3 Å². The quantitative estimate of drug-likeness (QED) is 0.774. The van der Waals surface area contributed by atoms with Crippen LogP contribution in [0.1, 0.15) is 22.9 Å². The Hall–Kier alpha value is -2.72. The summed E-state index contributed by atoms with van der Waals surface area (Å²) >= 11 is 5.97. The summed E-state index contributed by atoms with van der Waals surface area (Å²) < 4.78 is 0. The van der Waals surface area contributed by atoms with E-state index in [1.165, 1.54) is 0 Å². The largest absolute Gasteiger partial charge is 0.345 e. The summed E-state index contributed by atoms with van der Waals surface area (Å²) in [5.41, 5.74) is 2.61. The van der Waals surface area contributed by atoms with Crippen LogP contribution in [0.15, 0.2) is 73.2 Å². The van der Waals surface area contributed by atoms with E-state index in [1.54, 1.807) is 18.6 Å². The van der Waals surface area contributed by atoms with Gasteiger partial charge in [0.25, 0.3) is 0 Å². The van der Waals surface area contributed by atoms with Crippen molar-refractivity contribution in [3.63, 3.8) is 0 Å². The number of rotatable bonds is 5. The van der Waals surface area contributed by atoms with E-state index < -0.39 is 0 Å². The van der Waals surface area contributed by atoms with Crippen LogP contribution >= 0.6 is 11.6 Å². The summed E-state index contributed by atoms with van der Waals surface area (Å²) in [5.74, 6) is -0.112. The van der Waals surface area contributed by atoms with E-state index in [0.29, 0.717) is 10.7 Å². The summed E-state index contributed by atoms with van der Waals surface area (Å²) in [6.07, 6.45) is 4.95. The van der Waals surface area contributed by atoms with Crippen molar-refractivity contribution in [1.82, 2.24) is 15.3 Å². The number of carbonyl (C=O) groups is 1. The number of hydrogen-bond acceptors (Lipinski definition) is 3. The molecule has 2 aromatic carbocycles. The van der Waals surface area contributed by atoms with Gasteiger partial charge in [0.15, 0.2) is 0 Å². The molecule has 4 nitrogen and oxygen atoms in total. The van der Waals surface area contributed by atoms with Crippen LogP contribution in [0.5, 0.6) is 0 Å². The zero-order valence-corrected chi connectivity index (χ0v) is 13.6. The number of halogens is 1. The number of carbonyl (C=O) groups excluding carboxylic acids is 1. The van der Waals surface area contributed by atoms with E-state index in [4.69, 9.17) is 11.6 Å². The SMILES string of the molecule is O=C(Cc1cnccn1)NC(c1ccccc1)c1ccc(Cl)cc1. The average molecular weight is 338 g/mol. The Morgan fingerprint density at radius 3 is 2.38 bits per heavy atom. The second kappa shape index (κ2) is 7.70. The smallest absolute Gasteiger partial charge is 0.226 e. The van der Waals surface area contributed by atoms with Crippen molar-refractivity contribution in [3.05, 3.63) is 95.0 Å². The Morgan fingerprint density at radius 2 is 1.71 bits per heavy atom. The lowest BCUT2D eigenvalue weighted by molar-refractivity contribution is -0.121. The van der Waals surface area contributed by atoms with Gasteiger partial charge in [-0.15, -0.1) is 0 Å². The molecule has 0 bridgehead atoms. The fourth-order valence-corrected chi connectivity index (χ4v) is 2.58. The molecule has 0 aliphatic heterocycles. The van der Waals surface area contributed by atoms with Crippen molar-refractivity contribution in [2.24, 2.45) is 0 Å². The van der Waals surface area contributed by atoms with Gasteiger partial charge >= 0.3 is 0 Å². The van der Waals surface area contributed by atoms with Gasteiger partial charge in [0.1, 0.15) is 0 Å². The lowest BCUT2D eigenvalue weighted by Crippen LogP contribution is -2.30.